The smallest absolute Gasteiger partial charge is 0.241 e. The maximum atomic E-state index is 12.9. The zero-order chi connectivity index (χ0) is 23.5. The molecule has 3 rings (SSSR count). The predicted octanol–water partition coefficient (Wildman–Crippen LogP) is 3.52. The molecule has 0 aromatic heterocycles. The minimum absolute atomic E-state index is 0.0744. The molecule has 0 saturated carbocycles. The number of methoxy groups -OCH3 is 1. The normalized spacial score (nSPS) is 12.2. The maximum Gasteiger partial charge on any atom is 0.241 e. The molecule has 1 amide bonds. The lowest BCUT2D eigenvalue weighted by molar-refractivity contribution is -0.122. The third kappa shape index (κ3) is 7.73. The van der Waals surface area contributed by atoms with Crippen molar-refractivity contribution in [3.8, 4) is 5.75 Å². The number of ether oxygens (including phenoxy) is 1. The van der Waals surface area contributed by atoms with Crippen molar-refractivity contribution < 1.29 is 17.9 Å². The van der Waals surface area contributed by atoms with E-state index in [9.17, 15) is 13.2 Å². The number of hydrogen-bond acceptors (Lipinski definition) is 4. The van der Waals surface area contributed by atoms with Gasteiger partial charge in [0.15, 0.2) is 0 Å². The molecule has 0 heterocycles. The van der Waals surface area contributed by atoms with Gasteiger partial charge in [0, 0.05) is 6.54 Å². The topological polar surface area (TPSA) is 84.5 Å². The second-order valence-corrected chi connectivity index (χ2v) is 9.41. The molecule has 6 nitrogen and oxygen atoms in total. The highest BCUT2D eigenvalue weighted by molar-refractivity contribution is 7.89. The molecule has 7 heteroatoms. The van der Waals surface area contributed by atoms with E-state index < -0.39 is 16.1 Å². The zero-order valence-electron chi connectivity index (χ0n) is 18.7. The molecule has 1 radical (unpaired) electrons. The number of hydrogen-bond donors (Lipinski definition) is 2. The molecule has 0 aliphatic rings. The van der Waals surface area contributed by atoms with Crippen molar-refractivity contribution in [2.75, 3.05) is 13.7 Å². The first-order valence-corrected chi connectivity index (χ1v) is 12.4. The molecule has 3 aromatic carbocycles. The highest BCUT2D eigenvalue weighted by atomic mass is 32.2. The summed E-state index contributed by atoms with van der Waals surface area (Å²) in [5.74, 6) is 0.207. The second-order valence-electron chi connectivity index (χ2n) is 7.70. The number of sulfonamides is 1. The van der Waals surface area contributed by atoms with Gasteiger partial charge >= 0.3 is 0 Å². The van der Waals surface area contributed by atoms with Crippen molar-refractivity contribution in [3.05, 3.63) is 96.1 Å². The third-order valence-electron chi connectivity index (χ3n) is 5.25. The van der Waals surface area contributed by atoms with Crippen LogP contribution in [0.4, 0.5) is 0 Å². The molecule has 1 atom stereocenters. The molecular weight excluding hydrogens is 436 g/mol. The summed E-state index contributed by atoms with van der Waals surface area (Å²) in [5.41, 5.74) is 2.10. The molecule has 0 unspecified atom stereocenters. The molecule has 0 aliphatic heterocycles. The number of benzene rings is 3. The van der Waals surface area contributed by atoms with Gasteiger partial charge in [-0.05, 0) is 67.1 Å². The van der Waals surface area contributed by atoms with Crippen LogP contribution in [-0.4, -0.2) is 34.0 Å². The molecule has 173 valence electrons. The van der Waals surface area contributed by atoms with Crippen LogP contribution >= 0.6 is 0 Å². The summed E-state index contributed by atoms with van der Waals surface area (Å²) in [6, 6.07) is 25.4. The van der Waals surface area contributed by atoms with Crippen molar-refractivity contribution in [2.45, 2.75) is 36.6 Å². The van der Waals surface area contributed by atoms with Gasteiger partial charge in [0.2, 0.25) is 15.9 Å². The Balaban J connectivity index is 1.62. The minimum Gasteiger partial charge on any atom is -0.497 e. The van der Waals surface area contributed by atoms with E-state index in [1.165, 1.54) is 24.8 Å². The molecule has 0 spiro atoms. The van der Waals surface area contributed by atoms with Crippen LogP contribution in [0.15, 0.2) is 83.8 Å². The van der Waals surface area contributed by atoms with Crippen LogP contribution in [0.25, 0.3) is 0 Å². The van der Waals surface area contributed by atoms with Crippen molar-refractivity contribution in [3.63, 3.8) is 0 Å². The summed E-state index contributed by atoms with van der Waals surface area (Å²) in [5, 5.41) is 2.89. The lowest BCUT2D eigenvalue weighted by atomic mass is 10.1. The number of aryl methyl sites for hydroxylation is 1. The molecule has 0 bridgehead atoms. The summed E-state index contributed by atoms with van der Waals surface area (Å²) in [4.78, 5) is 13.0. The summed E-state index contributed by atoms with van der Waals surface area (Å²) in [6.07, 6.45) is 2.91. The summed E-state index contributed by atoms with van der Waals surface area (Å²) < 4.78 is 33.5. The first kappa shape index (κ1) is 24.5. The van der Waals surface area contributed by atoms with Gasteiger partial charge in [0.25, 0.3) is 0 Å². The minimum atomic E-state index is -3.90. The van der Waals surface area contributed by atoms with Crippen molar-refractivity contribution >= 4 is 15.9 Å². The van der Waals surface area contributed by atoms with Gasteiger partial charge in [-0.1, -0.05) is 54.6 Å². The van der Waals surface area contributed by atoms with E-state index in [2.05, 4.69) is 28.2 Å². The fraction of sp³-hybridized carbons (Fsp3) is 0.269. The Morgan fingerprint density at radius 1 is 0.939 bits per heavy atom. The molecule has 0 fully saturated rings. The van der Waals surface area contributed by atoms with Gasteiger partial charge in [-0.15, -0.1) is 0 Å². The zero-order valence-corrected chi connectivity index (χ0v) is 19.5. The number of nitrogens with one attached hydrogen (secondary N) is 2. The lowest BCUT2D eigenvalue weighted by Gasteiger charge is -2.19. The molecule has 0 saturated heterocycles. The highest BCUT2D eigenvalue weighted by Gasteiger charge is 2.26. The Labute approximate surface area is 196 Å². The molecule has 0 aliphatic carbocycles. The van der Waals surface area contributed by atoms with Gasteiger partial charge in [-0.2, -0.15) is 4.72 Å². The van der Waals surface area contributed by atoms with Crippen LogP contribution in [0.1, 0.15) is 24.0 Å². The predicted molar refractivity (Wildman–Crippen MR) is 128 cm³/mol. The molecule has 2 N–H and O–H groups in total. The average Bonchev–Trinajstić information content (AvgIpc) is 2.84. The van der Waals surface area contributed by atoms with E-state index in [1.807, 2.05) is 30.3 Å². The number of unbranched alkanes of at least 4 members (excludes halogenated alkanes) is 1. The Bertz CT molecular complexity index is 1100. The molecule has 33 heavy (non-hydrogen) atoms. The Morgan fingerprint density at radius 2 is 1.64 bits per heavy atom. The monoisotopic (exact) mass is 465 g/mol. The van der Waals surface area contributed by atoms with Crippen LogP contribution in [0.3, 0.4) is 0 Å². The van der Waals surface area contributed by atoms with Crippen molar-refractivity contribution in [1.29, 1.82) is 0 Å². The quantitative estimate of drug-likeness (QED) is 0.401. The standard InChI is InChI=1S/C26H29N2O4S/c1-32-23-15-17-24(18-16-23)33(30,31)28-25(20-22-13-6-3-7-14-22)26(29)27-19-9-8-12-21-10-4-2-5-11-21/h2,4-7,10-11,13-18,25,28H,8-9,12,19-20H2,1H3,(H,27,29)/t25-/m0/s1. The van der Waals surface area contributed by atoms with Crippen LogP contribution < -0.4 is 14.8 Å². The largest absolute Gasteiger partial charge is 0.497 e. The first-order chi connectivity index (χ1) is 16.0. The van der Waals surface area contributed by atoms with E-state index in [-0.39, 0.29) is 17.2 Å². The van der Waals surface area contributed by atoms with Crippen LogP contribution in [0, 0.1) is 6.07 Å². The molecule has 3 aromatic rings. The van der Waals surface area contributed by atoms with E-state index in [1.54, 1.807) is 24.3 Å². The van der Waals surface area contributed by atoms with Gasteiger partial charge in [0.05, 0.1) is 12.0 Å². The number of rotatable bonds is 12. The first-order valence-electron chi connectivity index (χ1n) is 10.9. The van der Waals surface area contributed by atoms with E-state index in [4.69, 9.17) is 4.74 Å². The summed E-state index contributed by atoms with van der Waals surface area (Å²) in [6.45, 7) is 0.481. The van der Waals surface area contributed by atoms with E-state index >= 15 is 0 Å². The Hall–Kier alpha value is -3.16. The average molecular weight is 466 g/mol. The van der Waals surface area contributed by atoms with Crippen LogP contribution in [0.5, 0.6) is 5.75 Å². The fourth-order valence-corrected chi connectivity index (χ4v) is 4.62. The Morgan fingerprint density at radius 3 is 2.30 bits per heavy atom. The number of amides is 1. The SMILES string of the molecule is COc1ccc(S(=O)(=O)N[C@@H](Cc2cc[c]cc2)C(=O)NCCCCc2ccccc2)cc1. The second kappa shape index (κ2) is 12.2. The van der Waals surface area contributed by atoms with Gasteiger partial charge < -0.3 is 10.1 Å². The summed E-state index contributed by atoms with van der Waals surface area (Å²) in [7, 11) is -2.38. The van der Waals surface area contributed by atoms with Crippen LogP contribution in [-0.2, 0) is 27.7 Å². The van der Waals surface area contributed by atoms with Crippen molar-refractivity contribution in [1.82, 2.24) is 10.0 Å². The van der Waals surface area contributed by atoms with Gasteiger partial charge in [0.1, 0.15) is 11.8 Å². The third-order valence-corrected chi connectivity index (χ3v) is 6.73. The molecular formula is C26H29N2O4S. The van der Waals surface area contributed by atoms with Crippen molar-refractivity contribution in [2.24, 2.45) is 0 Å². The maximum absolute atomic E-state index is 12.9. The highest BCUT2D eigenvalue weighted by Crippen LogP contribution is 2.16. The fourth-order valence-electron chi connectivity index (χ4n) is 3.42. The summed E-state index contributed by atoms with van der Waals surface area (Å²) >= 11 is 0. The lowest BCUT2D eigenvalue weighted by Crippen LogP contribution is -2.48. The van der Waals surface area contributed by atoms with Gasteiger partial charge in [-0.3, -0.25) is 4.79 Å². The number of carbonyl (C=O) groups is 1. The Kier molecular flexibility index (Phi) is 9.04. The number of carbonyl (C=O) groups excluding carboxylic acids is 1. The van der Waals surface area contributed by atoms with Gasteiger partial charge in [-0.25, -0.2) is 8.42 Å². The van der Waals surface area contributed by atoms with E-state index in [0.29, 0.717) is 12.3 Å². The van der Waals surface area contributed by atoms with E-state index in [0.717, 1.165) is 24.8 Å². The van der Waals surface area contributed by atoms with Crippen LogP contribution in [0.2, 0.25) is 0 Å².